The molecule has 8 heteroatoms. The maximum absolute atomic E-state index is 11.8. The highest BCUT2D eigenvalue weighted by atomic mass is 19.4. The monoisotopic (exact) mass is 263 g/mol. The summed E-state index contributed by atoms with van der Waals surface area (Å²) in [6.07, 6.45) is -3.46. The molecule has 0 radical (unpaired) electrons. The van der Waals surface area contributed by atoms with Crippen LogP contribution in [0.15, 0.2) is 4.52 Å². The van der Waals surface area contributed by atoms with E-state index in [1.165, 1.54) is 0 Å². The maximum Gasteiger partial charge on any atom is 0.411 e. The van der Waals surface area contributed by atoms with E-state index in [1.54, 1.807) is 6.92 Å². The lowest BCUT2D eigenvalue weighted by molar-refractivity contribution is -0.177. The Bertz CT molecular complexity index is 411. The minimum atomic E-state index is -4.37. The van der Waals surface area contributed by atoms with E-state index < -0.39 is 12.8 Å². The SMILES string of the molecule is CC(CCC#N)c1nc(COCC(F)(F)F)no1. The standard InChI is InChI=1S/C10H12F3N3O2/c1-7(3-2-4-14)9-15-8(16-18-9)5-17-6-10(11,12)13/h7H,2-3,5-6H2,1H3. The summed E-state index contributed by atoms with van der Waals surface area (Å²) in [7, 11) is 0. The van der Waals surface area contributed by atoms with Gasteiger partial charge in [-0.1, -0.05) is 12.1 Å². The van der Waals surface area contributed by atoms with Gasteiger partial charge in [-0.15, -0.1) is 0 Å². The van der Waals surface area contributed by atoms with E-state index in [2.05, 4.69) is 14.9 Å². The average Bonchev–Trinajstić information content (AvgIpc) is 2.73. The quantitative estimate of drug-likeness (QED) is 0.788. The normalized spacial score (nSPS) is 13.3. The first-order valence-corrected chi connectivity index (χ1v) is 5.26. The Kier molecular flexibility index (Phi) is 5.09. The van der Waals surface area contributed by atoms with E-state index >= 15 is 0 Å². The molecule has 1 aromatic heterocycles. The van der Waals surface area contributed by atoms with E-state index in [-0.39, 0.29) is 18.3 Å². The zero-order valence-electron chi connectivity index (χ0n) is 9.70. The van der Waals surface area contributed by atoms with Gasteiger partial charge < -0.3 is 9.26 Å². The number of hydrogen-bond acceptors (Lipinski definition) is 5. The van der Waals surface area contributed by atoms with E-state index in [9.17, 15) is 13.2 Å². The van der Waals surface area contributed by atoms with E-state index in [4.69, 9.17) is 9.78 Å². The molecule has 100 valence electrons. The topological polar surface area (TPSA) is 71.9 Å². The van der Waals surface area contributed by atoms with Gasteiger partial charge in [0.1, 0.15) is 13.2 Å². The number of halogens is 3. The molecule has 1 rings (SSSR count). The predicted molar refractivity (Wildman–Crippen MR) is 53.3 cm³/mol. The van der Waals surface area contributed by atoms with Crippen LogP contribution in [0.1, 0.15) is 37.4 Å². The number of nitrogens with zero attached hydrogens (tertiary/aromatic N) is 3. The summed E-state index contributed by atoms with van der Waals surface area (Å²) < 4.78 is 44.7. The molecule has 1 atom stereocenters. The van der Waals surface area contributed by atoms with Gasteiger partial charge in [0, 0.05) is 12.3 Å². The van der Waals surface area contributed by atoms with Gasteiger partial charge in [-0.2, -0.15) is 23.4 Å². The molecule has 1 unspecified atom stereocenters. The van der Waals surface area contributed by atoms with Crippen LogP contribution in [-0.4, -0.2) is 22.9 Å². The Labute approximate surface area is 102 Å². The molecule has 5 nitrogen and oxygen atoms in total. The second-order valence-corrected chi connectivity index (χ2v) is 3.75. The molecule has 0 bridgehead atoms. The van der Waals surface area contributed by atoms with Crippen LogP contribution in [0.4, 0.5) is 13.2 Å². The number of alkyl halides is 3. The number of ether oxygens (including phenoxy) is 1. The lowest BCUT2D eigenvalue weighted by atomic mass is 10.1. The molecule has 0 aliphatic heterocycles. The number of aromatic nitrogens is 2. The van der Waals surface area contributed by atoms with Crippen molar-refractivity contribution in [2.75, 3.05) is 6.61 Å². The van der Waals surface area contributed by atoms with Crippen molar-refractivity contribution in [2.24, 2.45) is 0 Å². The van der Waals surface area contributed by atoms with Crippen LogP contribution < -0.4 is 0 Å². The third-order valence-corrected chi connectivity index (χ3v) is 2.09. The Morgan fingerprint density at radius 2 is 2.22 bits per heavy atom. The molecule has 0 spiro atoms. The van der Waals surface area contributed by atoms with Crippen LogP contribution in [0, 0.1) is 11.3 Å². The molecule has 0 aliphatic rings. The van der Waals surface area contributed by atoms with Crippen LogP contribution in [0.3, 0.4) is 0 Å². The molecule has 0 N–H and O–H groups in total. The predicted octanol–water partition coefficient (Wildman–Crippen LogP) is 2.56. The maximum atomic E-state index is 11.8. The molecule has 18 heavy (non-hydrogen) atoms. The van der Waals surface area contributed by atoms with E-state index in [0.717, 1.165) is 0 Å². The largest absolute Gasteiger partial charge is 0.411 e. The zero-order chi connectivity index (χ0) is 13.6. The van der Waals surface area contributed by atoms with Crippen LogP contribution in [0.5, 0.6) is 0 Å². The summed E-state index contributed by atoms with van der Waals surface area (Å²) in [5.41, 5.74) is 0. The first-order chi connectivity index (χ1) is 8.42. The smallest absolute Gasteiger partial charge is 0.364 e. The molecule has 0 aliphatic carbocycles. The fraction of sp³-hybridized carbons (Fsp3) is 0.700. The van der Waals surface area contributed by atoms with Crippen molar-refractivity contribution in [1.82, 2.24) is 10.1 Å². The van der Waals surface area contributed by atoms with Gasteiger partial charge in [-0.25, -0.2) is 0 Å². The first-order valence-electron chi connectivity index (χ1n) is 5.26. The van der Waals surface area contributed by atoms with Crippen molar-refractivity contribution < 1.29 is 22.4 Å². The fourth-order valence-electron chi connectivity index (χ4n) is 1.19. The second-order valence-electron chi connectivity index (χ2n) is 3.75. The summed E-state index contributed by atoms with van der Waals surface area (Å²) in [6.45, 7) is 0.0973. The Hall–Kier alpha value is -1.62. The Balaban J connectivity index is 2.41. The fourth-order valence-corrected chi connectivity index (χ4v) is 1.19. The molecule has 0 saturated carbocycles. The summed E-state index contributed by atoms with van der Waals surface area (Å²) in [5, 5.41) is 11.9. The van der Waals surface area contributed by atoms with E-state index in [1.807, 2.05) is 6.07 Å². The van der Waals surface area contributed by atoms with Gasteiger partial charge in [-0.05, 0) is 6.42 Å². The lowest BCUT2D eigenvalue weighted by Crippen LogP contribution is -2.17. The minimum absolute atomic E-state index is 0.0676. The Morgan fingerprint density at radius 1 is 1.50 bits per heavy atom. The van der Waals surface area contributed by atoms with Crippen LogP contribution >= 0.6 is 0 Å². The van der Waals surface area contributed by atoms with Gasteiger partial charge in [0.2, 0.25) is 5.89 Å². The van der Waals surface area contributed by atoms with Gasteiger partial charge in [-0.3, -0.25) is 0 Å². The molecule has 0 saturated heterocycles. The van der Waals surface area contributed by atoms with Gasteiger partial charge in [0.05, 0.1) is 6.07 Å². The molecular weight excluding hydrogens is 251 g/mol. The number of rotatable bonds is 6. The zero-order valence-corrected chi connectivity index (χ0v) is 9.70. The summed E-state index contributed by atoms with van der Waals surface area (Å²) in [4.78, 5) is 3.90. The van der Waals surface area contributed by atoms with Crippen molar-refractivity contribution in [1.29, 1.82) is 5.26 Å². The molecule has 0 fully saturated rings. The van der Waals surface area contributed by atoms with Crippen LogP contribution in [0.2, 0.25) is 0 Å². The molecule has 0 aromatic carbocycles. The Morgan fingerprint density at radius 3 is 2.83 bits per heavy atom. The van der Waals surface area contributed by atoms with Crippen molar-refractivity contribution in [3.8, 4) is 6.07 Å². The summed E-state index contributed by atoms with van der Waals surface area (Å²) >= 11 is 0. The van der Waals surface area contributed by atoms with Gasteiger partial charge in [0.25, 0.3) is 0 Å². The van der Waals surface area contributed by atoms with Gasteiger partial charge in [0.15, 0.2) is 5.82 Å². The van der Waals surface area contributed by atoms with E-state index in [0.29, 0.717) is 18.7 Å². The summed E-state index contributed by atoms with van der Waals surface area (Å²) in [5.74, 6) is 0.266. The molecule has 1 aromatic rings. The van der Waals surface area contributed by atoms with Crippen molar-refractivity contribution in [2.45, 2.75) is 38.5 Å². The highest BCUT2D eigenvalue weighted by Gasteiger charge is 2.27. The van der Waals surface area contributed by atoms with Crippen molar-refractivity contribution >= 4 is 0 Å². The van der Waals surface area contributed by atoms with Crippen LogP contribution in [0.25, 0.3) is 0 Å². The summed E-state index contributed by atoms with van der Waals surface area (Å²) in [6, 6.07) is 1.99. The molecule has 1 heterocycles. The minimum Gasteiger partial charge on any atom is -0.364 e. The molecule has 0 amide bonds. The number of hydrogen-bond donors (Lipinski definition) is 0. The average molecular weight is 263 g/mol. The number of nitriles is 1. The van der Waals surface area contributed by atoms with Crippen molar-refractivity contribution in [3.05, 3.63) is 11.7 Å². The van der Waals surface area contributed by atoms with Crippen LogP contribution in [-0.2, 0) is 11.3 Å². The van der Waals surface area contributed by atoms with Gasteiger partial charge >= 0.3 is 6.18 Å². The lowest BCUT2D eigenvalue weighted by Gasteiger charge is -2.04. The highest BCUT2D eigenvalue weighted by molar-refractivity contribution is 4.92. The third kappa shape index (κ3) is 5.14. The molecular formula is C10H12F3N3O2. The first kappa shape index (κ1) is 14.4. The highest BCUT2D eigenvalue weighted by Crippen LogP contribution is 2.19. The third-order valence-electron chi connectivity index (χ3n) is 2.09. The second kappa shape index (κ2) is 6.35. The van der Waals surface area contributed by atoms with Crippen molar-refractivity contribution in [3.63, 3.8) is 0 Å².